The number of pyridine rings is 1. The Morgan fingerprint density at radius 2 is 1.74 bits per heavy atom. The van der Waals surface area contributed by atoms with Crippen molar-refractivity contribution in [1.82, 2.24) is 4.98 Å². The van der Waals surface area contributed by atoms with Crippen LogP contribution >= 0.6 is 0 Å². The Morgan fingerprint density at radius 1 is 1.09 bits per heavy atom. The molecule has 2 N–H and O–H groups in total. The maximum Gasteiger partial charge on any atom is 0.133 e. The van der Waals surface area contributed by atoms with Gasteiger partial charge in [0.05, 0.1) is 0 Å². The number of rotatable bonds is 3. The number of hydrogen-bond donors (Lipinski definition) is 2. The van der Waals surface area contributed by atoms with E-state index in [0.717, 1.165) is 11.8 Å². The fourth-order valence-corrected chi connectivity index (χ4v) is 2.82. The highest BCUT2D eigenvalue weighted by Crippen LogP contribution is 2.40. The van der Waals surface area contributed by atoms with Crippen LogP contribution in [0.1, 0.15) is 31.7 Å². The van der Waals surface area contributed by atoms with Crippen molar-refractivity contribution in [3.63, 3.8) is 0 Å². The van der Waals surface area contributed by atoms with Crippen LogP contribution in [0.25, 0.3) is 21.9 Å². The van der Waals surface area contributed by atoms with Gasteiger partial charge in [0.15, 0.2) is 0 Å². The van der Waals surface area contributed by atoms with E-state index in [2.05, 4.69) is 4.98 Å². The van der Waals surface area contributed by atoms with Crippen LogP contribution in [0.5, 0.6) is 11.5 Å². The summed E-state index contributed by atoms with van der Waals surface area (Å²) in [5.41, 5.74) is 1.70. The monoisotopic (exact) mass is 311 g/mol. The molecule has 3 rings (SSSR count). The predicted octanol–water partition coefficient (Wildman–Crippen LogP) is 4.97. The maximum absolute atomic E-state index is 14.2. The highest BCUT2D eigenvalue weighted by Gasteiger charge is 2.16. The normalized spacial score (nSPS) is 12.5. The zero-order chi connectivity index (χ0) is 16.6. The molecule has 0 bridgehead atoms. The standard InChI is InChI=1S/C19H18FNO2/c1-3-11(2)19-17(22)8-14(9-18(19)23)13-6-12-4-5-21-10-15(12)16(20)7-13/h4-11,22-23H,3H2,1-2H3. The lowest BCUT2D eigenvalue weighted by Gasteiger charge is -2.15. The summed E-state index contributed by atoms with van der Waals surface area (Å²) in [5.74, 6) is -0.270. The Labute approximate surface area is 134 Å². The van der Waals surface area contributed by atoms with E-state index in [1.165, 1.54) is 12.3 Å². The average molecular weight is 311 g/mol. The molecule has 3 nitrogen and oxygen atoms in total. The van der Waals surface area contributed by atoms with Gasteiger partial charge in [-0.1, -0.05) is 13.8 Å². The van der Waals surface area contributed by atoms with Gasteiger partial charge in [0, 0.05) is 23.3 Å². The average Bonchev–Trinajstić information content (AvgIpc) is 2.53. The molecule has 0 saturated heterocycles. The fraction of sp³-hybridized carbons (Fsp3) is 0.211. The van der Waals surface area contributed by atoms with Crippen LogP contribution in [-0.2, 0) is 0 Å². The van der Waals surface area contributed by atoms with Gasteiger partial charge in [-0.2, -0.15) is 0 Å². The highest BCUT2D eigenvalue weighted by molar-refractivity contribution is 5.87. The topological polar surface area (TPSA) is 53.4 Å². The number of nitrogens with zero attached hydrogens (tertiary/aromatic N) is 1. The molecule has 0 aliphatic heterocycles. The summed E-state index contributed by atoms with van der Waals surface area (Å²) < 4.78 is 14.2. The molecule has 0 spiro atoms. The maximum atomic E-state index is 14.2. The molecule has 0 radical (unpaired) electrons. The van der Waals surface area contributed by atoms with Gasteiger partial charge in [0.2, 0.25) is 0 Å². The molecular weight excluding hydrogens is 293 g/mol. The summed E-state index contributed by atoms with van der Waals surface area (Å²) >= 11 is 0. The third kappa shape index (κ3) is 2.72. The van der Waals surface area contributed by atoms with E-state index in [1.54, 1.807) is 24.4 Å². The lowest BCUT2D eigenvalue weighted by atomic mass is 9.93. The van der Waals surface area contributed by atoms with Crippen LogP contribution < -0.4 is 0 Å². The van der Waals surface area contributed by atoms with Crippen molar-refractivity contribution in [3.8, 4) is 22.6 Å². The minimum absolute atomic E-state index is 0.0320. The second-order valence-electron chi connectivity index (χ2n) is 5.79. The number of aromatic hydroxyl groups is 2. The molecule has 1 heterocycles. The first-order valence-electron chi connectivity index (χ1n) is 7.60. The minimum atomic E-state index is -0.379. The van der Waals surface area contributed by atoms with Crippen molar-refractivity contribution < 1.29 is 14.6 Å². The number of hydrogen-bond acceptors (Lipinski definition) is 3. The Kier molecular flexibility index (Phi) is 3.90. The van der Waals surface area contributed by atoms with E-state index in [4.69, 9.17) is 0 Å². The summed E-state index contributed by atoms with van der Waals surface area (Å²) in [4.78, 5) is 3.92. The number of phenolic OH excluding ortho intramolecular Hbond substituents is 2. The molecule has 0 aliphatic rings. The van der Waals surface area contributed by atoms with E-state index < -0.39 is 0 Å². The lowest BCUT2D eigenvalue weighted by Crippen LogP contribution is -1.94. The largest absolute Gasteiger partial charge is 0.507 e. The molecule has 1 unspecified atom stereocenters. The Hall–Kier alpha value is -2.62. The van der Waals surface area contributed by atoms with Crippen molar-refractivity contribution in [2.75, 3.05) is 0 Å². The van der Waals surface area contributed by atoms with Crippen molar-refractivity contribution in [1.29, 1.82) is 0 Å². The molecule has 1 aromatic heterocycles. The third-order valence-electron chi connectivity index (χ3n) is 4.28. The first kappa shape index (κ1) is 15.3. The molecule has 118 valence electrons. The van der Waals surface area contributed by atoms with Crippen LogP contribution in [0, 0.1) is 5.82 Å². The SMILES string of the molecule is CCC(C)c1c(O)cc(-c2cc(F)c3cnccc3c2)cc1O. The van der Waals surface area contributed by atoms with Gasteiger partial charge in [-0.3, -0.25) is 4.98 Å². The second-order valence-corrected chi connectivity index (χ2v) is 5.79. The summed E-state index contributed by atoms with van der Waals surface area (Å²) in [7, 11) is 0. The van der Waals surface area contributed by atoms with Gasteiger partial charge < -0.3 is 10.2 Å². The van der Waals surface area contributed by atoms with Crippen LogP contribution in [0.2, 0.25) is 0 Å². The van der Waals surface area contributed by atoms with Gasteiger partial charge in [-0.15, -0.1) is 0 Å². The van der Waals surface area contributed by atoms with Gasteiger partial charge in [0.25, 0.3) is 0 Å². The third-order valence-corrected chi connectivity index (χ3v) is 4.28. The van der Waals surface area contributed by atoms with Crippen LogP contribution in [0.15, 0.2) is 42.7 Å². The van der Waals surface area contributed by atoms with E-state index >= 15 is 0 Å². The minimum Gasteiger partial charge on any atom is -0.507 e. The van der Waals surface area contributed by atoms with E-state index in [-0.39, 0.29) is 23.2 Å². The highest BCUT2D eigenvalue weighted by atomic mass is 19.1. The van der Waals surface area contributed by atoms with Crippen LogP contribution in [0.4, 0.5) is 4.39 Å². The number of benzene rings is 2. The number of phenols is 2. The van der Waals surface area contributed by atoms with Crippen molar-refractivity contribution in [3.05, 3.63) is 54.1 Å². The quantitative estimate of drug-likeness (QED) is 0.718. The summed E-state index contributed by atoms with van der Waals surface area (Å²) in [6.07, 6.45) is 3.89. The van der Waals surface area contributed by atoms with Crippen LogP contribution in [0.3, 0.4) is 0 Å². The molecular formula is C19H18FNO2. The Morgan fingerprint density at radius 3 is 2.39 bits per heavy atom. The Balaban J connectivity index is 2.16. The van der Waals surface area contributed by atoms with Gasteiger partial charge in [-0.25, -0.2) is 4.39 Å². The first-order valence-corrected chi connectivity index (χ1v) is 7.60. The molecule has 0 saturated carbocycles. The van der Waals surface area contributed by atoms with Crippen molar-refractivity contribution in [2.45, 2.75) is 26.2 Å². The molecule has 3 aromatic rings. The lowest BCUT2D eigenvalue weighted by molar-refractivity contribution is 0.430. The molecule has 0 aliphatic carbocycles. The molecule has 0 fully saturated rings. The van der Waals surface area contributed by atoms with Gasteiger partial charge in [-0.05, 0) is 59.2 Å². The summed E-state index contributed by atoms with van der Waals surface area (Å²) in [6, 6.07) is 8.08. The molecule has 23 heavy (non-hydrogen) atoms. The van der Waals surface area contributed by atoms with Crippen LogP contribution in [-0.4, -0.2) is 15.2 Å². The summed E-state index contributed by atoms with van der Waals surface area (Å²) in [6.45, 7) is 3.93. The smallest absolute Gasteiger partial charge is 0.133 e. The van der Waals surface area contributed by atoms with Gasteiger partial charge >= 0.3 is 0 Å². The predicted molar refractivity (Wildman–Crippen MR) is 89.2 cm³/mol. The van der Waals surface area contributed by atoms with E-state index in [9.17, 15) is 14.6 Å². The number of fused-ring (bicyclic) bond motifs is 1. The first-order chi connectivity index (χ1) is 11.0. The van der Waals surface area contributed by atoms with E-state index in [0.29, 0.717) is 22.1 Å². The number of aromatic nitrogens is 1. The molecule has 2 aromatic carbocycles. The molecule has 1 atom stereocenters. The molecule has 4 heteroatoms. The number of halogens is 1. The van der Waals surface area contributed by atoms with Crippen molar-refractivity contribution in [2.24, 2.45) is 0 Å². The van der Waals surface area contributed by atoms with Gasteiger partial charge in [0.1, 0.15) is 17.3 Å². The zero-order valence-corrected chi connectivity index (χ0v) is 13.0. The fourth-order valence-electron chi connectivity index (χ4n) is 2.82. The Bertz CT molecular complexity index is 853. The molecule has 0 amide bonds. The van der Waals surface area contributed by atoms with E-state index in [1.807, 2.05) is 19.9 Å². The summed E-state index contributed by atoms with van der Waals surface area (Å²) in [5, 5.41) is 21.7. The second kappa shape index (κ2) is 5.88. The van der Waals surface area contributed by atoms with Crippen molar-refractivity contribution >= 4 is 10.8 Å². The zero-order valence-electron chi connectivity index (χ0n) is 13.0.